The molecule has 0 radical (unpaired) electrons. The van der Waals surface area contributed by atoms with Crippen molar-refractivity contribution in [2.24, 2.45) is 0 Å². The van der Waals surface area contributed by atoms with Gasteiger partial charge in [-0.1, -0.05) is 18.2 Å². The van der Waals surface area contributed by atoms with Gasteiger partial charge in [-0.05, 0) is 24.3 Å². The highest BCUT2D eigenvalue weighted by Gasteiger charge is 2.08. The van der Waals surface area contributed by atoms with Gasteiger partial charge < -0.3 is 24.6 Å². The molecule has 0 fully saturated rings. The highest BCUT2D eigenvalue weighted by molar-refractivity contribution is 5.84. The number of nitrogens with one attached hydrogen (secondary N) is 2. The summed E-state index contributed by atoms with van der Waals surface area (Å²) in [6, 6.07) is 13.2. The van der Waals surface area contributed by atoms with Crippen molar-refractivity contribution >= 4 is 10.9 Å². The van der Waals surface area contributed by atoms with Crippen LogP contribution in [0.3, 0.4) is 0 Å². The molecule has 1 unspecified atom stereocenters. The second kappa shape index (κ2) is 9.07. The Hall–Kier alpha value is -2.77. The Morgan fingerprint density at radius 3 is 2.73 bits per heavy atom. The van der Waals surface area contributed by atoms with Gasteiger partial charge in [-0.25, -0.2) is 0 Å². The first-order valence-electron chi connectivity index (χ1n) is 8.47. The average Bonchev–Trinajstić information content (AvgIpc) is 3.15. The van der Waals surface area contributed by atoms with Crippen LogP contribution in [-0.2, 0) is 0 Å². The summed E-state index contributed by atoms with van der Waals surface area (Å²) in [5, 5.41) is 21.0. The molecule has 0 saturated heterocycles. The van der Waals surface area contributed by atoms with Crippen LogP contribution in [0.5, 0.6) is 17.2 Å². The molecule has 7 nitrogen and oxygen atoms in total. The van der Waals surface area contributed by atoms with Crippen molar-refractivity contribution in [1.29, 1.82) is 0 Å². The van der Waals surface area contributed by atoms with E-state index in [1.165, 1.54) is 0 Å². The summed E-state index contributed by atoms with van der Waals surface area (Å²) in [5.41, 5.74) is 0.906. The zero-order valence-corrected chi connectivity index (χ0v) is 14.6. The minimum absolute atomic E-state index is 0.199. The quantitative estimate of drug-likeness (QED) is 0.481. The third-order valence-corrected chi connectivity index (χ3v) is 3.86. The van der Waals surface area contributed by atoms with E-state index in [1.807, 2.05) is 42.5 Å². The lowest BCUT2D eigenvalue weighted by Crippen LogP contribution is -2.33. The molecule has 0 aliphatic rings. The number of H-pyrrole nitrogens is 1. The third-order valence-electron chi connectivity index (χ3n) is 3.86. The van der Waals surface area contributed by atoms with Gasteiger partial charge in [-0.3, -0.25) is 5.10 Å². The summed E-state index contributed by atoms with van der Waals surface area (Å²) < 4.78 is 16.6. The maximum Gasteiger partial charge on any atom is 0.161 e. The first-order valence-corrected chi connectivity index (χ1v) is 8.47. The Bertz CT molecular complexity index is 821. The van der Waals surface area contributed by atoms with E-state index in [4.69, 9.17) is 14.2 Å². The topological polar surface area (TPSA) is 88.6 Å². The molecule has 3 rings (SSSR count). The van der Waals surface area contributed by atoms with E-state index >= 15 is 0 Å². The Morgan fingerprint density at radius 1 is 1.08 bits per heavy atom. The average molecular weight is 357 g/mol. The Morgan fingerprint density at radius 2 is 1.88 bits per heavy atom. The van der Waals surface area contributed by atoms with E-state index in [0.717, 1.165) is 10.9 Å². The number of benzene rings is 2. The van der Waals surface area contributed by atoms with E-state index in [1.54, 1.807) is 13.3 Å². The summed E-state index contributed by atoms with van der Waals surface area (Å²) >= 11 is 0. The van der Waals surface area contributed by atoms with Crippen molar-refractivity contribution in [2.75, 3.05) is 33.4 Å². The molecule has 0 bridgehead atoms. The van der Waals surface area contributed by atoms with Gasteiger partial charge >= 0.3 is 0 Å². The molecule has 26 heavy (non-hydrogen) atoms. The lowest BCUT2D eigenvalue weighted by Gasteiger charge is -2.14. The van der Waals surface area contributed by atoms with Gasteiger partial charge in [0.05, 0.1) is 24.2 Å². The van der Waals surface area contributed by atoms with Crippen molar-refractivity contribution in [3.63, 3.8) is 0 Å². The van der Waals surface area contributed by atoms with Gasteiger partial charge in [-0.2, -0.15) is 5.10 Å². The fourth-order valence-corrected chi connectivity index (χ4v) is 2.55. The van der Waals surface area contributed by atoms with Crippen LogP contribution in [0.1, 0.15) is 0 Å². The molecular weight excluding hydrogens is 334 g/mol. The van der Waals surface area contributed by atoms with E-state index in [-0.39, 0.29) is 6.61 Å². The molecule has 138 valence electrons. The zero-order chi connectivity index (χ0) is 18.2. The Balaban J connectivity index is 1.35. The first-order chi connectivity index (χ1) is 12.8. The predicted octanol–water partition coefficient (Wildman–Crippen LogP) is 1.98. The largest absolute Gasteiger partial charge is 0.493 e. The van der Waals surface area contributed by atoms with E-state index in [2.05, 4.69) is 15.5 Å². The van der Waals surface area contributed by atoms with Gasteiger partial charge in [0.1, 0.15) is 25.1 Å². The van der Waals surface area contributed by atoms with Crippen LogP contribution in [0.4, 0.5) is 0 Å². The summed E-state index contributed by atoms with van der Waals surface area (Å²) in [6.07, 6.45) is 1.09. The molecule has 7 heteroatoms. The maximum atomic E-state index is 10.1. The zero-order valence-electron chi connectivity index (χ0n) is 14.6. The lowest BCUT2D eigenvalue weighted by atomic mass is 10.2. The summed E-state index contributed by atoms with van der Waals surface area (Å²) in [4.78, 5) is 0. The lowest BCUT2D eigenvalue weighted by molar-refractivity contribution is 0.106. The molecule has 3 N–H and O–H groups in total. The van der Waals surface area contributed by atoms with Gasteiger partial charge in [0.25, 0.3) is 0 Å². The van der Waals surface area contributed by atoms with Crippen LogP contribution in [0.15, 0.2) is 48.7 Å². The second-order valence-electron chi connectivity index (χ2n) is 5.76. The van der Waals surface area contributed by atoms with Crippen LogP contribution in [0.2, 0.25) is 0 Å². The predicted molar refractivity (Wildman–Crippen MR) is 99.0 cm³/mol. The van der Waals surface area contributed by atoms with E-state index in [0.29, 0.717) is 36.9 Å². The number of aromatic amines is 1. The number of hydrogen-bond donors (Lipinski definition) is 3. The van der Waals surface area contributed by atoms with Crippen molar-refractivity contribution in [3.8, 4) is 17.2 Å². The van der Waals surface area contributed by atoms with Gasteiger partial charge in [0, 0.05) is 13.1 Å². The van der Waals surface area contributed by atoms with Crippen molar-refractivity contribution in [2.45, 2.75) is 6.10 Å². The number of aliphatic hydroxyl groups is 1. The van der Waals surface area contributed by atoms with Crippen LogP contribution < -0.4 is 19.5 Å². The number of fused-ring (bicyclic) bond motifs is 1. The molecule has 1 heterocycles. The van der Waals surface area contributed by atoms with Gasteiger partial charge in [0.15, 0.2) is 11.5 Å². The third kappa shape index (κ3) is 4.65. The normalized spacial score (nSPS) is 12.1. The molecule has 0 aliphatic heterocycles. The monoisotopic (exact) mass is 357 g/mol. The molecule has 3 aromatic rings. The molecule has 0 amide bonds. The van der Waals surface area contributed by atoms with Crippen molar-refractivity contribution in [1.82, 2.24) is 15.5 Å². The smallest absolute Gasteiger partial charge is 0.161 e. The minimum atomic E-state index is -0.622. The van der Waals surface area contributed by atoms with Crippen molar-refractivity contribution < 1.29 is 19.3 Å². The highest BCUT2D eigenvalue weighted by atomic mass is 16.5. The Labute approximate surface area is 151 Å². The number of hydrogen-bond acceptors (Lipinski definition) is 6. The maximum absolute atomic E-state index is 10.1. The van der Waals surface area contributed by atoms with E-state index < -0.39 is 6.10 Å². The highest BCUT2D eigenvalue weighted by Crippen LogP contribution is 2.25. The second-order valence-corrected chi connectivity index (χ2v) is 5.76. The molecule has 0 spiro atoms. The molecule has 1 aromatic heterocycles. The molecule has 0 aliphatic carbocycles. The number of para-hydroxylation sites is 2. The molecule has 1 atom stereocenters. The van der Waals surface area contributed by atoms with Crippen LogP contribution in [0.25, 0.3) is 10.9 Å². The number of aliphatic hydroxyl groups excluding tert-OH is 1. The van der Waals surface area contributed by atoms with Gasteiger partial charge in [0.2, 0.25) is 0 Å². The fourth-order valence-electron chi connectivity index (χ4n) is 2.55. The number of rotatable bonds is 10. The summed E-state index contributed by atoms with van der Waals surface area (Å²) in [6.45, 7) is 1.69. The Kier molecular flexibility index (Phi) is 6.29. The number of aromatic nitrogens is 2. The standard InChI is InChI=1S/C19H23N3O4/c1-24-18-6-2-3-7-19(18)25-10-9-20-11-14(23)13-26-17-8-4-5-16-15(17)12-21-22-16/h2-8,12,14,20,23H,9-11,13H2,1H3,(H,21,22). The first kappa shape index (κ1) is 18.0. The number of ether oxygens (including phenoxy) is 3. The fraction of sp³-hybridized carbons (Fsp3) is 0.316. The van der Waals surface area contributed by atoms with Crippen molar-refractivity contribution in [3.05, 3.63) is 48.7 Å². The van der Waals surface area contributed by atoms with Crippen LogP contribution >= 0.6 is 0 Å². The number of methoxy groups -OCH3 is 1. The SMILES string of the molecule is COc1ccccc1OCCNCC(O)COc1cccc2[nH]ncc12. The summed E-state index contributed by atoms with van der Waals surface area (Å²) in [5.74, 6) is 2.11. The van der Waals surface area contributed by atoms with E-state index in [9.17, 15) is 5.11 Å². The van der Waals surface area contributed by atoms with Crippen LogP contribution in [-0.4, -0.2) is 54.8 Å². The van der Waals surface area contributed by atoms with Gasteiger partial charge in [-0.15, -0.1) is 0 Å². The molecular formula is C19H23N3O4. The van der Waals surface area contributed by atoms with Crippen LogP contribution in [0, 0.1) is 0 Å². The molecule has 2 aromatic carbocycles. The number of nitrogens with zero attached hydrogens (tertiary/aromatic N) is 1. The molecule has 0 saturated carbocycles. The minimum Gasteiger partial charge on any atom is -0.493 e. The summed E-state index contributed by atoms with van der Waals surface area (Å²) in [7, 11) is 1.61.